The first-order valence-corrected chi connectivity index (χ1v) is 1.35. The molecule has 0 atom stereocenters. The minimum absolute atomic E-state index is 0. The van der Waals surface area contributed by atoms with Gasteiger partial charge in [0, 0.05) is 0 Å². The smallest absolute Gasteiger partial charge is 0.0445 e. The molecular weight excluding hydrogens is 175 g/mol. The second-order valence-electron chi connectivity index (χ2n) is 1.21. The van der Waals surface area contributed by atoms with E-state index in [9.17, 15) is 0 Å². The molecule has 0 unspecified atom stereocenters. The second-order valence-corrected chi connectivity index (χ2v) is 1.21. The Bertz CT molecular complexity index is 26.6. The van der Waals surface area contributed by atoms with Gasteiger partial charge in [0.2, 0.25) is 0 Å². The first kappa shape index (κ1) is 9.08. The van der Waals surface area contributed by atoms with E-state index in [1.54, 1.807) is 0 Å². The lowest BCUT2D eigenvalue weighted by Gasteiger charge is -1.65. The lowest BCUT2D eigenvalue weighted by Crippen LogP contribution is -3.00. The molecule has 0 aromatic rings. The largest absolute Gasteiger partial charge is 1.00 e. The summed E-state index contributed by atoms with van der Waals surface area (Å²) in [6.07, 6.45) is 0. The van der Waals surface area contributed by atoms with Gasteiger partial charge in [-0.3, -0.25) is 0 Å². The van der Waals surface area contributed by atoms with E-state index >= 15 is 0 Å². The second kappa shape index (κ2) is 4.47. The van der Waals surface area contributed by atoms with E-state index in [1.165, 1.54) is 5.57 Å². The molecule has 0 aromatic carbocycles. The van der Waals surface area contributed by atoms with Crippen molar-refractivity contribution >= 4 is 0 Å². The summed E-state index contributed by atoms with van der Waals surface area (Å²) in [5, 5.41) is 0. The molecule has 0 bridgehead atoms. The van der Waals surface area contributed by atoms with Gasteiger partial charge in [0.25, 0.3) is 0 Å². The highest BCUT2D eigenvalue weighted by Gasteiger charge is 1.51. The Morgan fingerprint density at radius 3 is 1.40 bits per heavy atom. The molecule has 5 heavy (non-hydrogen) atoms. The Morgan fingerprint density at radius 2 is 1.40 bits per heavy atom. The zero-order valence-electron chi connectivity index (χ0n) is 3.59. The summed E-state index contributed by atoms with van der Waals surface area (Å²) in [5.74, 6) is 0. The summed E-state index contributed by atoms with van der Waals surface area (Å²) in [6.45, 7) is 7.50. The van der Waals surface area contributed by atoms with Crippen molar-refractivity contribution in [3.63, 3.8) is 0 Å². The van der Waals surface area contributed by atoms with Crippen LogP contribution in [0.1, 0.15) is 13.8 Å². The summed E-state index contributed by atoms with van der Waals surface area (Å²) in [7, 11) is 0. The molecule has 0 N–H and O–H groups in total. The van der Waals surface area contributed by atoms with Gasteiger partial charge in [-0.15, -0.1) is 6.58 Å². The van der Waals surface area contributed by atoms with Gasteiger partial charge in [0.1, 0.15) is 0 Å². The van der Waals surface area contributed by atoms with Crippen LogP contribution in [0.5, 0.6) is 0 Å². The van der Waals surface area contributed by atoms with Crippen LogP contribution in [0.25, 0.3) is 0 Å². The maximum absolute atomic E-state index is 3.56. The molecule has 1 heteroatoms. The molecule has 0 rings (SSSR count). The van der Waals surface area contributed by atoms with Gasteiger partial charge >= 0.3 is 0 Å². The normalized spacial score (nSPS) is 5.20. The van der Waals surface area contributed by atoms with Crippen molar-refractivity contribution in [2.45, 2.75) is 13.8 Å². The van der Waals surface area contributed by atoms with Crippen molar-refractivity contribution in [3.05, 3.63) is 12.2 Å². The minimum Gasteiger partial charge on any atom is -1.00 e. The predicted octanol–water partition coefficient (Wildman–Crippen LogP) is -1.41. The van der Waals surface area contributed by atoms with Crippen LogP contribution in [0.3, 0.4) is 0 Å². The van der Waals surface area contributed by atoms with Gasteiger partial charge in [0.05, 0.1) is 0 Å². The third-order valence-corrected chi connectivity index (χ3v) is 0. The van der Waals surface area contributed by atoms with Gasteiger partial charge in [-0.25, -0.2) is 0 Å². The molecule has 0 aliphatic carbocycles. The number of hydrogen-bond acceptors (Lipinski definition) is 0. The van der Waals surface area contributed by atoms with Crippen molar-refractivity contribution in [3.8, 4) is 0 Å². The number of rotatable bonds is 0. The third-order valence-electron chi connectivity index (χ3n) is 0. The SMILES string of the molecule is C=C(C)C.[I-]. The van der Waals surface area contributed by atoms with Crippen LogP contribution in [0, 0.1) is 0 Å². The fourth-order valence-electron chi connectivity index (χ4n) is 0. The fourth-order valence-corrected chi connectivity index (χ4v) is 0. The molecule has 0 amide bonds. The lowest BCUT2D eigenvalue weighted by molar-refractivity contribution is -0.00000108. The van der Waals surface area contributed by atoms with Crippen LogP contribution in [-0.2, 0) is 0 Å². The van der Waals surface area contributed by atoms with Crippen molar-refractivity contribution in [2.75, 3.05) is 0 Å². The Kier molecular flexibility index (Phi) is 8.11. The van der Waals surface area contributed by atoms with Crippen LogP contribution in [0.15, 0.2) is 12.2 Å². The van der Waals surface area contributed by atoms with Gasteiger partial charge in [-0.2, -0.15) is 0 Å². The molecule has 0 fully saturated rings. The van der Waals surface area contributed by atoms with E-state index in [0.29, 0.717) is 0 Å². The van der Waals surface area contributed by atoms with Crippen LogP contribution in [-0.4, -0.2) is 0 Å². The molecule has 0 aliphatic heterocycles. The molecule has 0 aliphatic rings. The Labute approximate surface area is 50.3 Å². The van der Waals surface area contributed by atoms with E-state index in [2.05, 4.69) is 6.58 Å². The lowest BCUT2D eigenvalue weighted by atomic mass is 10.4. The Hall–Kier alpha value is 0.470. The van der Waals surface area contributed by atoms with E-state index in [0.717, 1.165) is 0 Å². The first-order valence-electron chi connectivity index (χ1n) is 1.35. The molecule has 0 spiro atoms. The molecule has 32 valence electrons. The zero-order chi connectivity index (χ0) is 3.58. The molecule has 0 saturated carbocycles. The molecule has 0 heterocycles. The first-order chi connectivity index (χ1) is 1.73. The maximum atomic E-state index is 3.56. The van der Waals surface area contributed by atoms with Gasteiger partial charge in [0.15, 0.2) is 0 Å². The summed E-state index contributed by atoms with van der Waals surface area (Å²) < 4.78 is 0. The maximum Gasteiger partial charge on any atom is -0.0445 e. The van der Waals surface area contributed by atoms with Gasteiger partial charge in [-0.1, -0.05) is 5.57 Å². The summed E-state index contributed by atoms with van der Waals surface area (Å²) in [4.78, 5) is 0. The summed E-state index contributed by atoms with van der Waals surface area (Å²) >= 11 is 0. The van der Waals surface area contributed by atoms with Crippen molar-refractivity contribution < 1.29 is 24.0 Å². The van der Waals surface area contributed by atoms with E-state index in [4.69, 9.17) is 0 Å². The van der Waals surface area contributed by atoms with Crippen molar-refractivity contribution in [1.82, 2.24) is 0 Å². The highest BCUT2D eigenvalue weighted by atomic mass is 127. The van der Waals surface area contributed by atoms with Crippen molar-refractivity contribution in [2.24, 2.45) is 0 Å². The van der Waals surface area contributed by atoms with Crippen LogP contribution in [0.2, 0.25) is 0 Å². The molecule has 0 aromatic heterocycles. The van der Waals surface area contributed by atoms with Gasteiger partial charge < -0.3 is 24.0 Å². The molecular formula is C4H8I-. The predicted molar refractivity (Wildman–Crippen MR) is 20.5 cm³/mol. The third kappa shape index (κ3) is 123. The highest BCUT2D eigenvalue weighted by molar-refractivity contribution is 4.78. The van der Waals surface area contributed by atoms with Crippen molar-refractivity contribution in [1.29, 1.82) is 0 Å². The van der Waals surface area contributed by atoms with Gasteiger partial charge in [-0.05, 0) is 13.8 Å². The quantitative estimate of drug-likeness (QED) is 0.319. The Balaban J connectivity index is 0. The zero-order valence-corrected chi connectivity index (χ0v) is 5.74. The topological polar surface area (TPSA) is 0 Å². The average Bonchev–Trinajstić information content (AvgIpc) is 0.811. The molecule has 0 saturated heterocycles. The monoisotopic (exact) mass is 183 g/mol. The average molecular weight is 183 g/mol. The summed E-state index contributed by atoms with van der Waals surface area (Å²) in [5.41, 5.74) is 1.17. The number of hydrogen-bond donors (Lipinski definition) is 0. The summed E-state index contributed by atoms with van der Waals surface area (Å²) in [6, 6.07) is 0. The molecule has 0 nitrogen and oxygen atoms in total. The van der Waals surface area contributed by atoms with E-state index in [1.807, 2.05) is 13.8 Å². The van der Waals surface area contributed by atoms with Crippen LogP contribution >= 0.6 is 0 Å². The Morgan fingerprint density at radius 1 is 1.40 bits per heavy atom. The number of halogens is 1. The molecule has 0 radical (unpaired) electrons. The van der Waals surface area contributed by atoms with Crippen LogP contribution in [0.4, 0.5) is 0 Å². The van der Waals surface area contributed by atoms with E-state index < -0.39 is 0 Å². The minimum atomic E-state index is 0. The van der Waals surface area contributed by atoms with E-state index in [-0.39, 0.29) is 24.0 Å². The number of allylic oxidation sites excluding steroid dienone is 1. The van der Waals surface area contributed by atoms with Crippen LogP contribution < -0.4 is 24.0 Å². The fraction of sp³-hybridized carbons (Fsp3) is 0.500. The standard InChI is InChI=1S/C4H8.HI/c1-4(2)3;/h1H2,2-3H3;1H/p-1. The highest BCUT2D eigenvalue weighted by Crippen LogP contribution is 1.73.